The highest BCUT2D eigenvalue weighted by Gasteiger charge is 2.12. The van der Waals surface area contributed by atoms with Crippen molar-refractivity contribution < 1.29 is 4.39 Å². The molecular weight excluding hydrogens is 215 g/mol. The standard InChI is InChI=1S/C11H13FN2.ClH/c1-14-7-9(10(13)6-12)8-4-2-3-5-11(8)14;/h2-5,7,10H,6,13H2,1H3;1H/t10-;/m1./s1. The Bertz CT molecular complexity index is 453. The van der Waals surface area contributed by atoms with Crippen molar-refractivity contribution in [2.24, 2.45) is 12.8 Å². The molecule has 0 aliphatic carbocycles. The number of rotatable bonds is 2. The number of hydrogen-bond donors (Lipinski definition) is 1. The van der Waals surface area contributed by atoms with Crippen molar-refractivity contribution in [3.05, 3.63) is 36.0 Å². The van der Waals surface area contributed by atoms with Gasteiger partial charge in [-0.2, -0.15) is 0 Å². The van der Waals surface area contributed by atoms with Crippen molar-refractivity contribution in [1.82, 2.24) is 4.57 Å². The van der Waals surface area contributed by atoms with Crippen molar-refractivity contribution in [1.29, 1.82) is 0 Å². The Morgan fingerprint density at radius 2 is 2.07 bits per heavy atom. The minimum Gasteiger partial charge on any atom is -0.350 e. The first-order valence-electron chi connectivity index (χ1n) is 4.59. The lowest BCUT2D eigenvalue weighted by atomic mass is 10.1. The van der Waals surface area contributed by atoms with Gasteiger partial charge in [-0.15, -0.1) is 12.4 Å². The number of nitrogens with zero attached hydrogens (tertiary/aromatic N) is 1. The number of alkyl halides is 1. The maximum Gasteiger partial charge on any atom is 0.109 e. The lowest BCUT2D eigenvalue weighted by Gasteiger charge is -2.04. The molecule has 0 saturated carbocycles. The van der Waals surface area contributed by atoms with Gasteiger partial charge in [-0.3, -0.25) is 0 Å². The summed E-state index contributed by atoms with van der Waals surface area (Å²) in [6, 6.07) is 7.37. The third kappa shape index (κ3) is 1.98. The molecule has 0 aliphatic heterocycles. The van der Waals surface area contributed by atoms with Gasteiger partial charge in [0.2, 0.25) is 0 Å². The molecule has 0 radical (unpaired) electrons. The van der Waals surface area contributed by atoms with Crippen LogP contribution in [0.3, 0.4) is 0 Å². The summed E-state index contributed by atoms with van der Waals surface area (Å²) < 4.78 is 14.4. The average molecular weight is 229 g/mol. The molecule has 0 bridgehead atoms. The molecule has 0 unspecified atom stereocenters. The van der Waals surface area contributed by atoms with E-state index in [4.69, 9.17) is 5.73 Å². The van der Waals surface area contributed by atoms with Crippen molar-refractivity contribution in [2.75, 3.05) is 6.67 Å². The summed E-state index contributed by atoms with van der Waals surface area (Å²) in [5.74, 6) is 0. The van der Waals surface area contributed by atoms with Crippen molar-refractivity contribution in [3.63, 3.8) is 0 Å². The van der Waals surface area contributed by atoms with Crippen molar-refractivity contribution >= 4 is 23.3 Å². The Morgan fingerprint density at radius 3 is 2.73 bits per heavy atom. The Morgan fingerprint density at radius 1 is 1.40 bits per heavy atom. The minimum absolute atomic E-state index is 0. The SMILES string of the molecule is Cl.Cn1cc([C@H](N)CF)c2ccccc21. The fraction of sp³-hybridized carbons (Fsp3) is 0.273. The molecule has 2 N–H and O–H groups in total. The van der Waals surface area contributed by atoms with Gasteiger partial charge in [0.1, 0.15) is 6.67 Å². The molecule has 2 nitrogen and oxygen atoms in total. The van der Waals surface area contributed by atoms with Crippen molar-refractivity contribution in [3.8, 4) is 0 Å². The van der Waals surface area contributed by atoms with Crippen LogP contribution in [0.4, 0.5) is 4.39 Å². The third-order valence-corrected chi connectivity index (χ3v) is 2.49. The number of halogens is 2. The van der Waals surface area contributed by atoms with Crippen LogP contribution in [0.5, 0.6) is 0 Å². The largest absolute Gasteiger partial charge is 0.350 e. The summed E-state index contributed by atoms with van der Waals surface area (Å²) in [7, 11) is 1.94. The molecule has 1 atom stereocenters. The molecule has 2 aromatic rings. The van der Waals surface area contributed by atoms with Crippen LogP contribution in [0, 0.1) is 0 Å². The highest BCUT2D eigenvalue weighted by Crippen LogP contribution is 2.24. The summed E-state index contributed by atoms with van der Waals surface area (Å²) in [4.78, 5) is 0. The van der Waals surface area contributed by atoms with Crippen LogP contribution >= 0.6 is 12.4 Å². The minimum atomic E-state index is -0.520. The molecule has 0 amide bonds. The number of fused-ring (bicyclic) bond motifs is 1. The molecule has 0 saturated heterocycles. The summed E-state index contributed by atoms with van der Waals surface area (Å²) in [5.41, 5.74) is 7.65. The van der Waals surface area contributed by atoms with Gasteiger partial charge in [0.15, 0.2) is 0 Å². The van der Waals surface area contributed by atoms with E-state index in [9.17, 15) is 4.39 Å². The van der Waals surface area contributed by atoms with Gasteiger partial charge in [-0.25, -0.2) is 4.39 Å². The van der Waals surface area contributed by atoms with Gasteiger partial charge in [-0.1, -0.05) is 18.2 Å². The van der Waals surface area contributed by atoms with Crippen LogP contribution in [0.15, 0.2) is 30.5 Å². The normalized spacial score (nSPS) is 12.5. The molecule has 0 aliphatic rings. The molecule has 15 heavy (non-hydrogen) atoms. The Labute approximate surface area is 94.3 Å². The molecule has 1 aromatic heterocycles. The van der Waals surface area contributed by atoms with E-state index < -0.39 is 12.7 Å². The van der Waals surface area contributed by atoms with Gasteiger partial charge < -0.3 is 10.3 Å². The van der Waals surface area contributed by atoms with E-state index in [0.717, 1.165) is 16.5 Å². The average Bonchev–Trinajstić information content (AvgIpc) is 2.56. The number of aryl methyl sites for hydroxylation is 1. The maximum atomic E-state index is 12.5. The van der Waals surface area contributed by atoms with Crippen LogP contribution in [0.1, 0.15) is 11.6 Å². The monoisotopic (exact) mass is 228 g/mol. The van der Waals surface area contributed by atoms with E-state index in [1.165, 1.54) is 0 Å². The lowest BCUT2D eigenvalue weighted by molar-refractivity contribution is 0.438. The van der Waals surface area contributed by atoms with E-state index in [-0.39, 0.29) is 12.4 Å². The van der Waals surface area contributed by atoms with Crippen molar-refractivity contribution in [2.45, 2.75) is 6.04 Å². The third-order valence-electron chi connectivity index (χ3n) is 2.49. The molecule has 4 heteroatoms. The maximum absolute atomic E-state index is 12.5. The Kier molecular flexibility index (Phi) is 3.72. The van der Waals surface area contributed by atoms with Crippen LogP contribution in [0.2, 0.25) is 0 Å². The van der Waals surface area contributed by atoms with Crippen LogP contribution < -0.4 is 5.73 Å². The van der Waals surface area contributed by atoms with E-state index in [1.54, 1.807) is 0 Å². The summed E-state index contributed by atoms with van der Waals surface area (Å²) in [5, 5.41) is 1.04. The summed E-state index contributed by atoms with van der Waals surface area (Å²) in [6.07, 6.45) is 1.90. The fourth-order valence-electron chi connectivity index (χ4n) is 1.75. The number of para-hydroxylation sites is 1. The molecule has 2 rings (SSSR count). The van der Waals surface area contributed by atoms with Gasteiger partial charge in [0, 0.05) is 24.1 Å². The lowest BCUT2D eigenvalue weighted by Crippen LogP contribution is -2.11. The fourth-order valence-corrected chi connectivity index (χ4v) is 1.75. The highest BCUT2D eigenvalue weighted by molar-refractivity contribution is 5.85. The zero-order valence-corrected chi connectivity index (χ0v) is 9.30. The smallest absolute Gasteiger partial charge is 0.109 e. The summed E-state index contributed by atoms with van der Waals surface area (Å²) >= 11 is 0. The van der Waals surface area contributed by atoms with Crippen LogP contribution in [0.25, 0.3) is 10.9 Å². The van der Waals surface area contributed by atoms with Gasteiger partial charge in [0.05, 0.1) is 6.04 Å². The Balaban J connectivity index is 0.00000112. The second-order valence-electron chi connectivity index (χ2n) is 3.47. The quantitative estimate of drug-likeness (QED) is 0.842. The number of benzene rings is 1. The second-order valence-corrected chi connectivity index (χ2v) is 3.47. The van der Waals surface area contributed by atoms with Crippen LogP contribution in [-0.2, 0) is 7.05 Å². The number of aromatic nitrogens is 1. The van der Waals surface area contributed by atoms with Crippen LogP contribution in [-0.4, -0.2) is 11.2 Å². The highest BCUT2D eigenvalue weighted by atomic mass is 35.5. The van der Waals surface area contributed by atoms with Gasteiger partial charge in [0.25, 0.3) is 0 Å². The zero-order chi connectivity index (χ0) is 10.1. The Hall–Kier alpha value is -1.06. The topological polar surface area (TPSA) is 30.9 Å². The predicted octanol–water partition coefficient (Wildman–Crippen LogP) is 2.57. The second kappa shape index (κ2) is 4.64. The predicted molar refractivity (Wildman–Crippen MR) is 63.1 cm³/mol. The first-order chi connectivity index (χ1) is 6.74. The molecule has 1 aromatic carbocycles. The van der Waals surface area contributed by atoms with E-state index >= 15 is 0 Å². The molecular formula is C11H14ClFN2. The number of hydrogen-bond acceptors (Lipinski definition) is 1. The van der Waals surface area contributed by atoms with Gasteiger partial charge in [-0.05, 0) is 11.6 Å². The van der Waals surface area contributed by atoms with E-state index in [0.29, 0.717) is 0 Å². The first kappa shape index (κ1) is 12.0. The molecule has 0 spiro atoms. The van der Waals surface area contributed by atoms with E-state index in [1.807, 2.05) is 42.1 Å². The first-order valence-corrected chi connectivity index (χ1v) is 4.59. The zero-order valence-electron chi connectivity index (χ0n) is 8.48. The van der Waals surface area contributed by atoms with Gasteiger partial charge >= 0.3 is 0 Å². The molecule has 0 fully saturated rings. The number of nitrogens with two attached hydrogens (primary N) is 1. The summed E-state index contributed by atoms with van der Waals surface area (Å²) in [6.45, 7) is -0.520. The molecule has 1 heterocycles. The molecule has 82 valence electrons. The van der Waals surface area contributed by atoms with E-state index in [2.05, 4.69) is 0 Å².